The Kier molecular flexibility index (Phi) is 15.5. The number of hydrogen-bond acceptors (Lipinski definition) is 3. The van der Waals surface area contributed by atoms with Gasteiger partial charge in [-0.1, -0.05) is 26.2 Å². The Hall–Kier alpha value is 1.42. The summed E-state index contributed by atoms with van der Waals surface area (Å²) < 4.78 is 14.3. The van der Waals surface area contributed by atoms with Crippen molar-refractivity contribution in [2.45, 2.75) is 32.6 Å². The molecule has 0 aromatic rings. The van der Waals surface area contributed by atoms with E-state index in [9.17, 15) is 9.26 Å². The third-order valence-corrected chi connectivity index (χ3v) is 1.66. The third kappa shape index (κ3) is 14.3. The van der Waals surface area contributed by atoms with Gasteiger partial charge in [0.05, 0.1) is 0 Å². The number of rotatable bonds is 6. The minimum Gasteiger partial charge on any atom is -0.588 e. The average Bonchev–Trinajstić information content (AvgIpc) is 1.87. The summed E-state index contributed by atoms with van der Waals surface area (Å²) in [5.74, 6) is 0. The summed E-state index contributed by atoms with van der Waals surface area (Å²) in [6.45, 7) is 2.47. The van der Waals surface area contributed by atoms with Gasteiger partial charge in [0.15, 0.2) is 0 Å². The summed E-state index contributed by atoms with van der Waals surface area (Å²) >= 11 is 0. The largest absolute Gasteiger partial charge is 1.00 e. The van der Waals surface area contributed by atoms with Gasteiger partial charge in [0, 0.05) is 6.61 Å². The van der Waals surface area contributed by atoms with E-state index in [1.165, 1.54) is 0 Å². The molecule has 0 atom stereocenters. The molecule has 0 fully saturated rings. The molecule has 0 heterocycles. The van der Waals surface area contributed by atoms with E-state index in [0.717, 1.165) is 25.7 Å². The molecule has 0 spiro atoms. The SMILES string of the molecule is CCCCCCO[Si](=O)[O-].[Rb+]. The quantitative estimate of drug-likeness (QED) is 0.380. The van der Waals surface area contributed by atoms with Crippen molar-refractivity contribution in [1.82, 2.24) is 0 Å². The summed E-state index contributed by atoms with van der Waals surface area (Å²) in [5.41, 5.74) is 0. The van der Waals surface area contributed by atoms with Crippen LogP contribution >= 0.6 is 0 Å². The van der Waals surface area contributed by atoms with Crippen LogP contribution in [0.4, 0.5) is 0 Å². The topological polar surface area (TPSA) is 49.4 Å². The Bertz CT molecular complexity index is 99.8. The zero-order valence-electron chi connectivity index (χ0n) is 7.26. The maximum absolute atomic E-state index is 9.88. The molecular formula is C6H13O3RbSi. The Morgan fingerprint density at radius 1 is 1.36 bits per heavy atom. The molecule has 0 radical (unpaired) electrons. The molecule has 0 unspecified atom stereocenters. The first-order valence-electron chi connectivity index (χ1n) is 3.61. The predicted octanol–water partition coefficient (Wildman–Crippen LogP) is -2.64. The van der Waals surface area contributed by atoms with E-state index in [1.807, 2.05) is 0 Å². The molecule has 0 aliphatic rings. The van der Waals surface area contributed by atoms with E-state index in [2.05, 4.69) is 11.3 Å². The molecule has 11 heavy (non-hydrogen) atoms. The van der Waals surface area contributed by atoms with Gasteiger partial charge in [-0.3, -0.25) is 0 Å². The van der Waals surface area contributed by atoms with Crippen molar-refractivity contribution < 1.29 is 71.9 Å². The second-order valence-corrected chi connectivity index (χ2v) is 2.95. The van der Waals surface area contributed by atoms with E-state index in [0.29, 0.717) is 6.61 Å². The zero-order valence-corrected chi connectivity index (χ0v) is 13.2. The summed E-state index contributed by atoms with van der Waals surface area (Å²) in [4.78, 5) is 9.88. The molecule has 0 aromatic heterocycles. The molecule has 0 saturated carbocycles. The van der Waals surface area contributed by atoms with E-state index in [-0.39, 0.29) is 58.2 Å². The van der Waals surface area contributed by atoms with Crippen LogP contribution in [0.15, 0.2) is 0 Å². The van der Waals surface area contributed by atoms with Crippen molar-refractivity contribution in [3.63, 3.8) is 0 Å². The van der Waals surface area contributed by atoms with Gasteiger partial charge in [0.25, 0.3) is 0 Å². The van der Waals surface area contributed by atoms with E-state index >= 15 is 0 Å². The van der Waals surface area contributed by atoms with Crippen LogP contribution < -0.4 is 63.0 Å². The van der Waals surface area contributed by atoms with Gasteiger partial charge in [0.1, 0.15) is 0 Å². The van der Waals surface area contributed by atoms with Crippen molar-refractivity contribution in [2.24, 2.45) is 0 Å². The Balaban J connectivity index is 0. The van der Waals surface area contributed by atoms with Crippen molar-refractivity contribution in [3.05, 3.63) is 0 Å². The summed E-state index contributed by atoms with van der Waals surface area (Å²) in [6.07, 6.45) is 4.23. The summed E-state index contributed by atoms with van der Waals surface area (Å²) in [6, 6.07) is 0. The average molecular weight is 247 g/mol. The molecule has 3 nitrogen and oxygen atoms in total. The Morgan fingerprint density at radius 2 is 2.00 bits per heavy atom. The molecule has 0 aliphatic heterocycles. The second-order valence-electron chi connectivity index (χ2n) is 2.16. The van der Waals surface area contributed by atoms with Crippen LogP contribution in [0.3, 0.4) is 0 Å². The van der Waals surface area contributed by atoms with E-state index < -0.39 is 9.17 Å². The molecule has 60 valence electrons. The second kappa shape index (κ2) is 11.4. The monoisotopic (exact) mass is 246 g/mol. The van der Waals surface area contributed by atoms with Gasteiger partial charge in [0.2, 0.25) is 0 Å². The van der Waals surface area contributed by atoms with Crippen molar-refractivity contribution >= 4 is 9.17 Å². The first-order chi connectivity index (χ1) is 4.77. The number of hydrogen-bond donors (Lipinski definition) is 0. The van der Waals surface area contributed by atoms with E-state index in [4.69, 9.17) is 0 Å². The minimum absolute atomic E-state index is 0. The van der Waals surface area contributed by atoms with Gasteiger partial charge in [-0.15, -0.1) is 0 Å². The zero-order chi connectivity index (χ0) is 7.82. The molecule has 0 aromatic carbocycles. The summed E-state index contributed by atoms with van der Waals surface area (Å²) in [7, 11) is -2.92. The standard InChI is InChI=1S/C6H13O3Si.Rb/c1-2-3-4-5-6-9-10(7)8;/h2-6H2,1H3;/q-1;+1. The Labute approximate surface area is 118 Å². The van der Waals surface area contributed by atoms with E-state index in [1.54, 1.807) is 0 Å². The smallest absolute Gasteiger partial charge is 0.588 e. The minimum atomic E-state index is -2.92. The maximum atomic E-state index is 9.88. The fraction of sp³-hybridized carbons (Fsp3) is 1.00. The first kappa shape index (κ1) is 14.9. The van der Waals surface area contributed by atoms with Crippen LogP contribution in [0.5, 0.6) is 0 Å². The first-order valence-corrected chi connectivity index (χ1v) is 4.83. The van der Waals surface area contributed by atoms with Crippen LogP contribution in [0.25, 0.3) is 0 Å². The molecule has 0 N–H and O–H groups in total. The fourth-order valence-corrected chi connectivity index (χ4v) is 0.995. The van der Waals surface area contributed by atoms with Crippen LogP contribution in [-0.2, 0) is 8.89 Å². The van der Waals surface area contributed by atoms with Crippen LogP contribution in [-0.4, -0.2) is 15.8 Å². The fourth-order valence-electron chi connectivity index (χ4n) is 0.684. The Morgan fingerprint density at radius 3 is 2.45 bits per heavy atom. The van der Waals surface area contributed by atoms with Gasteiger partial charge in [-0.05, 0) is 6.42 Å². The maximum Gasteiger partial charge on any atom is 1.00 e. The van der Waals surface area contributed by atoms with Crippen molar-refractivity contribution in [1.29, 1.82) is 0 Å². The molecule has 0 rings (SSSR count). The predicted molar refractivity (Wildman–Crippen MR) is 36.5 cm³/mol. The van der Waals surface area contributed by atoms with Gasteiger partial charge in [-0.2, -0.15) is 0 Å². The van der Waals surface area contributed by atoms with Crippen LogP contribution in [0, 0.1) is 0 Å². The molecule has 0 aliphatic carbocycles. The molecule has 0 amide bonds. The molecule has 0 saturated heterocycles. The van der Waals surface area contributed by atoms with Gasteiger partial charge >= 0.3 is 67.4 Å². The molecule has 0 bridgehead atoms. The van der Waals surface area contributed by atoms with Crippen molar-refractivity contribution in [2.75, 3.05) is 6.61 Å². The number of unbranched alkanes of at least 4 members (excludes halogenated alkanes) is 3. The molecular weight excluding hydrogens is 234 g/mol. The normalized spacial score (nSPS) is 8.45. The van der Waals surface area contributed by atoms with Crippen molar-refractivity contribution in [3.8, 4) is 0 Å². The summed E-state index contributed by atoms with van der Waals surface area (Å²) in [5, 5.41) is 0. The van der Waals surface area contributed by atoms with Crippen LogP contribution in [0.1, 0.15) is 32.6 Å². The van der Waals surface area contributed by atoms with Gasteiger partial charge in [-0.25, -0.2) is 0 Å². The molecule has 5 heteroatoms. The van der Waals surface area contributed by atoms with Crippen LogP contribution in [0.2, 0.25) is 0 Å². The van der Waals surface area contributed by atoms with Gasteiger partial charge < -0.3 is 13.7 Å². The third-order valence-electron chi connectivity index (χ3n) is 1.22.